The summed E-state index contributed by atoms with van der Waals surface area (Å²) in [4.78, 5) is 40.5. The minimum Gasteiger partial charge on any atom is -0.460 e. The van der Waals surface area contributed by atoms with E-state index in [1.54, 1.807) is 38.1 Å². The van der Waals surface area contributed by atoms with Crippen LogP contribution in [-0.4, -0.2) is 57.1 Å². The van der Waals surface area contributed by atoms with Gasteiger partial charge in [0.25, 0.3) is 0 Å². The van der Waals surface area contributed by atoms with Crippen LogP contribution in [-0.2, 0) is 19.1 Å². The summed E-state index contributed by atoms with van der Waals surface area (Å²) in [5.41, 5.74) is 21.1. The Kier molecular flexibility index (Phi) is 7.00. The molecule has 33 heavy (non-hydrogen) atoms. The standard InChI is InChI=1S/C22H18N6O4S/c1-11-7-13(19(27-23)21(29)31-3)9-15(25-11)17-5-6-18(33-17)16-10-14(8-12(2)26-16)20(28-24)22(30)32-4/h5-10H,1-4H3. The molecular formula is C22H18N6O4S. The van der Waals surface area contributed by atoms with Crippen LogP contribution in [0.2, 0.25) is 0 Å². The molecule has 0 aromatic carbocycles. The summed E-state index contributed by atoms with van der Waals surface area (Å²) in [7, 11) is 2.40. The smallest absolute Gasteiger partial charge is 0.422 e. The van der Waals surface area contributed by atoms with Gasteiger partial charge in [-0.3, -0.25) is 9.97 Å². The largest absolute Gasteiger partial charge is 0.460 e. The number of esters is 2. The average Bonchev–Trinajstić information content (AvgIpc) is 3.29. The number of rotatable bonds is 6. The number of methoxy groups -OCH3 is 2. The first-order valence-electron chi connectivity index (χ1n) is 9.50. The van der Waals surface area contributed by atoms with Gasteiger partial charge in [0, 0.05) is 11.4 Å². The average molecular weight is 462 g/mol. The first-order chi connectivity index (χ1) is 15.8. The highest BCUT2D eigenvalue weighted by Gasteiger charge is 2.26. The van der Waals surface area contributed by atoms with Crippen molar-refractivity contribution in [2.45, 2.75) is 13.8 Å². The van der Waals surface area contributed by atoms with E-state index in [-0.39, 0.29) is 11.4 Å². The van der Waals surface area contributed by atoms with E-state index in [0.29, 0.717) is 33.9 Å². The molecule has 0 N–H and O–H groups in total. The maximum atomic E-state index is 11.9. The van der Waals surface area contributed by atoms with E-state index < -0.39 is 11.9 Å². The highest BCUT2D eigenvalue weighted by Crippen LogP contribution is 2.34. The lowest BCUT2D eigenvalue weighted by Gasteiger charge is -2.03. The van der Waals surface area contributed by atoms with E-state index >= 15 is 0 Å². The second-order valence-electron chi connectivity index (χ2n) is 6.81. The number of hydrogen-bond donors (Lipinski definition) is 0. The van der Waals surface area contributed by atoms with Gasteiger partial charge in [0.1, 0.15) is 0 Å². The molecule has 0 aliphatic carbocycles. The molecule has 3 heterocycles. The van der Waals surface area contributed by atoms with Gasteiger partial charge in [-0.25, -0.2) is 9.59 Å². The zero-order valence-corrected chi connectivity index (χ0v) is 19.0. The van der Waals surface area contributed by atoms with Crippen molar-refractivity contribution in [3.63, 3.8) is 0 Å². The maximum absolute atomic E-state index is 11.9. The van der Waals surface area contributed by atoms with Crippen LogP contribution in [0, 0.1) is 13.8 Å². The summed E-state index contributed by atoms with van der Waals surface area (Å²) in [5, 5.41) is 0. The summed E-state index contributed by atoms with van der Waals surface area (Å²) in [6, 6.07) is 10.1. The van der Waals surface area contributed by atoms with Crippen LogP contribution in [0.4, 0.5) is 0 Å². The van der Waals surface area contributed by atoms with Gasteiger partial charge < -0.3 is 20.5 Å². The molecule has 10 nitrogen and oxygen atoms in total. The SMILES string of the molecule is COC(=O)C(=[N+]=[N-])c1cc(C)nc(-c2ccc(-c3cc(C(=[N+]=[N-])C(=O)OC)cc(C)n3)s2)c1. The van der Waals surface area contributed by atoms with E-state index in [1.807, 2.05) is 12.1 Å². The quantitative estimate of drug-likeness (QED) is 0.238. The Bertz CT molecular complexity index is 1260. The van der Waals surface area contributed by atoms with Gasteiger partial charge in [0.15, 0.2) is 0 Å². The van der Waals surface area contributed by atoms with Gasteiger partial charge in [-0.2, -0.15) is 9.58 Å². The van der Waals surface area contributed by atoms with Crippen molar-refractivity contribution in [1.82, 2.24) is 9.97 Å². The zero-order valence-electron chi connectivity index (χ0n) is 18.2. The van der Waals surface area contributed by atoms with Crippen LogP contribution in [0.1, 0.15) is 22.5 Å². The minimum absolute atomic E-state index is 0.232. The third kappa shape index (κ3) is 4.97. The van der Waals surface area contributed by atoms with Crippen LogP contribution in [0.25, 0.3) is 32.2 Å². The van der Waals surface area contributed by atoms with Crippen molar-refractivity contribution in [2.24, 2.45) is 0 Å². The Morgan fingerprint density at radius 1 is 0.788 bits per heavy atom. The number of thiophene rings is 1. The number of aryl methyl sites for hydroxylation is 2. The predicted octanol–water partition coefficient (Wildman–Crippen LogP) is 2.87. The molecule has 0 radical (unpaired) electrons. The molecule has 0 atom stereocenters. The van der Waals surface area contributed by atoms with E-state index in [0.717, 1.165) is 9.75 Å². The molecular weight excluding hydrogens is 444 g/mol. The Hall–Kier alpha value is -4.30. The molecule has 0 saturated carbocycles. The molecule has 0 aliphatic rings. The topological polar surface area (TPSA) is 151 Å². The lowest BCUT2D eigenvalue weighted by atomic mass is 10.1. The number of carbonyl (C=O) groups excluding carboxylic acids is 2. The number of hydrogen-bond acceptors (Lipinski definition) is 7. The minimum atomic E-state index is -0.774. The van der Waals surface area contributed by atoms with Crippen LogP contribution >= 0.6 is 11.3 Å². The fraction of sp³-hybridized carbons (Fsp3) is 0.182. The molecule has 0 amide bonds. The predicted molar refractivity (Wildman–Crippen MR) is 120 cm³/mol. The van der Waals surface area contributed by atoms with Gasteiger partial charge in [-0.05, 0) is 50.2 Å². The molecule has 3 aromatic heterocycles. The lowest BCUT2D eigenvalue weighted by molar-refractivity contribution is -0.137. The summed E-state index contributed by atoms with van der Waals surface area (Å²) in [5.74, 6) is -1.55. The van der Waals surface area contributed by atoms with Gasteiger partial charge >= 0.3 is 23.4 Å². The highest BCUT2D eigenvalue weighted by atomic mass is 32.1. The van der Waals surface area contributed by atoms with E-state index in [1.165, 1.54) is 25.6 Å². The number of carbonyl (C=O) groups is 2. The molecule has 0 aliphatic heterocycles. The maximum Gasteiger partial charge on any atom is 0.422 e. The molecule has 0 spiro atoms. The fourth-order valence-electron chi connectivity index (χ4n) is 3.10. The van der Waals surface area contributed by atoms with E-state index in [4.69, 9.17) is 0 Å². The van der Waals surface area contributed by atoms with Crippen molar-refractivity contribution in [3.8, 4) is 21.1 Å². The molecule has 0 fully saturated rings. The Balaban J connectivity index is 2.05. The highest BCUT2D eigenvalue weighted by molar-refractivity contribution is 7.18. The molecule has 0 unspecified atom stereocenters. The summed E-state index contributed by atoms with van der Waals surface area (Å²) < 4.78 is 9.33. The first kappa shape index (κ1) is 23.4. The normalized spacial score (nSPS) is 10.1. The first-order valence-corrected chi connectivity index (χ1v) is 10.3. The summed E-state index contributed by atoms with van der Waals surface area (Å²) >= 11 is 1.38. The van der Waals surface area contributed by atoms with Crippen LogP contribution in [0.3, 0.4) is 0 Å². The number of nitrogens with zero attached hydrogens (tertiary/aromatic N) is 6. The van der Waals surface area contributed by atoms with E-state index in [9.17, 15) is 20.7 Å². The van der Waals surface area contributed by atoms with E-state index in [2.05, 4.69) is 29.0 Å². The third-order valence-electron chi connectivity index (χ3n) is 4.52. The van der Waals surface area contributed by atoms with Crippen molar-refractivity contribution in [2.75, 3.05) is 14.2 Å². The third-order valence-corrected chi connectivity index (χ3v) is 5.65. The van der Waals surface area contributed by atoms with Crippen molar-refractivity contribution < 1.29 is 28.6 Å². The van der Waals surface area contributed by atoms with Crippen LogP contribution in [0.5, 0.6) is 0 Å². The molecule has 0 bridgehead atoms. The van der Waals surface area contributed by atoms with Crippen LogP contribution in [0.15, 0.2) is 36.4 Å². The fourth-order valence-corrected chi connectivity index (χ4v) is 4.03. The molecule has 3 aromatic rings. The van der Waals surface area contributed by atoms with Crippen molar-refractivity contribution in [1.29, 1.82) is 0 Å². The van der Waals surface area contributed by atoms with Gasteiger partial charge in [-0.15, -0.1) is 11.3 Å². The number of pyridine rings is 2. The molecule has 166 valence electrons. The van der Waals surface area contributed by atoms with Crippen LogP contribution < -0.4 is 0 Å². The Morgan fingerprint density at radius 3 is 1.52 bits per heavy atom. The second kappa shape index (κ2) is 9.88. The van der Waals surface area contributed by atoms with Gasteiger partial charge in [0.05, 0.1) is 46.5 Å². The van der Waals surface area contributed by atoms with Crippen molar-refractivity contribution >= 4 is 34.7 Å². The zero-order chi connectivity index (χ0) is 24.1. The Labute approximate surface area is 192 Å². The van der Waals surface area contributed by atoms with Gasteiger partial charge in [-0.1, -0.05) is 0 Å². The lowest BCUT2D eigenvalue weighted by Crippen LogP contribution is -2.18. The molecule has 11 heteroatoms. The number of ether oxygens (including phenoxy) is 2. The van der Waals surface area contributed by atoms with Crippen molar-refractivity contribution in [3.05, 3.63) is 70.0 Å². The summed E-state index contributed by atoms with van der Waals surface area (Å²) in [6.07, 6.45) is 0. The van der Waals surface area contributed by atoms with Gasteiger partial charge in [0.2, 0.25) is 0 Å². The number of aromatic nitrogens is 2. The molecule has 3 rings (SSSR count). The summed E-state index contributed by atoms with van der Waals surface area (Å²) in [6.45, 7) is 3.51. The Morgan fingerprint density at radius 2 is 1.18 bits per heavy atom. The monoisotopic (exact) mass is 462 g/mol. The second-order valence-corrected chi connectivity index (χ2v) is 7.89. The molecule has 0 saturated heterocycles.